The number of nitrogens with zero attached hydrogens (tertiary/aromatic N) is 2. The number of nitrogens with one attached hydrogen (secondary N) is 1. The largest absolute Gasteiger partial charge is 0.301 e. The number of amides is 2. The zero-order valence-electron chi connectivity index (χ0n) is 10.3. The van der Waals surface area contributed by atoms with Crippen LogP contribution >= 0.6 is 0 Å². The molecule has 0 spiro atoms. The maximum atomic E-state index is 13.5. The van der Waals surface area contributed by atoms with E-state index in [-0.39, 0.29) is 24.8 Å². The molecule has 5 nitrogen and oxygen atoms in total. The average Bonchev–Trinajstić information content (AvgIpc) is 2.65. The number of likely N-dealkylation sites (tertiary alicyclic amines) is 1. The minimum absolute atomic E-state index is 0.0783. The minimum atomic E-state index is -0.623. The SMILES string of the molecule is CN1C(=O)CC(NCc2cc(C#N)ccc2F)C1=O. The van der Waals surface area contributed by atoms with Gasteiger partial charge < -0.3 is 5.32 Å². The van der Waals surface area contributed by atoms with Crippen LogP contribution in [0.1, 0.15) is 17.5 Å². The van der Waals surface area contributed by atoms with Gasteiger partial charge in [0.1, 0.15) is 5.82 Å². The van der Waals surface area contributed by atoms with Crippen LogP contribution in [-0.4, -0.2) is 29.8 Å². The molecule has 0 aliphatic carbocycles. The number of hydrogen-bond donors (Lipinski definition) is 1. The van der Waals surface area contributed by atoms with E-state index in [1.54, 1.807) is 0 Å². The van der Waals surface area contributed by atoms with Crippen molar-refractivity contribution in [3.8, 4) is 6.07 Å². The zero-order valence-corrected chi connectivity index (χ0v) is 10.3. The number of hydrogen-bond acceptors (Lipinski definition) is 4. The Balaban J connectivity index is 2.06. The molecule has 1 fully saturated rings. The second-order valence-corrected chi connectivity index (χ2v) is 4.35. The number of carbonyl (C=O) groups is 2. The van der Waals surface area contributed by atoms with Gasteiger partial charge in [-0.15, -0.1) is 0 Å². The first kappa shape index (κ1) is 13.2. The Morgan fingerprint density at radius 2 is 2.26 bits per heavy atom. The van der Waals surface area contributed by atoms with Gasteiger partial charge >= 0.3 is 0 Å². The highest BCUT2D eigenvalue weighted by molar-refractivity contribution is 6.05. The smallest absolute Gasteiger partial charge is 0.246 e. The average molecular weight is 261 g/mol. The summed E-state index contributed by atoms with van der Waals surface area (Å²) in [7, 11) is 1.42. The lowest BCUT2D eigenvalue weighted by Crippen LogP contribution is -2.36. The third kappa shape index (κ3) is 2.61. The molecule has 19 heavy (non-hydrogen) atoms. The number of rotatable bonds is 3. The molecule has 0 saturated carbocycles. The van der Waals surface area contributed by atoms with Crippen molar-refractivity contribution in [2.24, 2.45) is 0 Å². The van der Waals surface area contributed by atoms with Crippen LogP contribution in [0, 0.1) is 17.1 Å². The molecule has 0 aromatic heterocycles. The van der Waals surface area contributed by atoms with Crippen LogP contribution in [0.15, 0.2) is 18.2 Å². The Hall–Kier alpha value is -2.26. The van der Waals surface area contributed by atoms with Crippen molar-refractivity contribution in [3.63, 3.8) is 0 Å². The van der Waals surface area contributed by atoms with E-state index in [1.807, 2.05) is 6.07 Å². The van der Waals surface area contributed by atoms with Crippen LogP contribution in [0.2, 0.25) is 0 Å². The second-order valence-electron chi connectivity index (χ2n) is 4.35. The summed E-state index contributed by atoms with van der Waals surface area (Å²) in [5.74, 6) is -1.02. The van der Waals surface area contributed by atoms with E-state index in [2.05, 4.69) is 5.32 Å². The third-order valence-corrected chi connectivity index (χ3v) is 3.10. The molecule has 2 rings (SSSR count). The lowest BCUT2D eigenvalue weighted by Gasteiger charge is -2.11. The van der Waals surface area contributed by atoms with E-state index in [1.165, 1.54) is 25.2 Å². The second kappa shape index (κ2) is 5.16. The van der Waals surface area contributed by atoms with Crippen LogP contribution in [0.3, 0.4) is 0 Å². The van der Waals surface area contributed by atoms with Gasteiger partial charge in [0.2, 0.25) is 11.8 Å². The van der Waals surface area contributed by atoms with Crippen molar-refractivity contribution in [3.05, 3.63) is 35.1 Å². The molecule has 0 radical (unpaired) electrons. The van der Waals surface area contributed by atoms with Gasteiger partial charge in [-0.1, -0.05) is 0 Å². The Morgan fingerprint density at radius 3 is 2.84 bits per heavy atom. The van der Waals surface area contributed by atoms with Crippen LogP contribution in [0.25, 0.3) is 0 Å². The van der Waals surface area contributed by atoms with Crippen LogP contribution in [0.4, 0.5) is 4.39 Å². The number of likely N-dealkylation sites (N-methyl/N-ethyl adjacent to an activating group) is 1. The molecular formula is C13H12FN3O2. The molecule has 1 atom stereocenters. The lowest BCUT2D eigenvalue weighted by molar-refractivity contribution is -0.137. The fourth-order valence-corrected chi connectivity index (χ4v) is 1.93. The maximum absolute atomic E-state index is 13.5. The Kier molecular flexibility index (Phi) is 3.58. The van der Waals surface area contributed by atoms with Crippen molar-refractivity contribution in [2.45, 2.75) is 19.0 Å². The highest BCUT2D eigenvalue weighted by Gasteiger charge is 2.35. The van der Waals surface area contributed by atoms with Gasteiger partial charge in [0, 0.05) is 19.2 Å². The summed E-state index contributed by atoms with van der Waals surface area (Å²) in [5, 5.41) is 11.6. The van der Waals surface area contributed by atoms with Gasteiger partial charge in [0.25, 0.3) is 0 Å². The van der Waals surface area contributed by atoms with E-state index in [0.717, 1.165) is 4.90 Å². The van der Waals surface area contributed by atoms with E-state index < -0.39 is 11.9 Å². The van der Waals surface area contributed by atoms with Crippen molar-refractivity contribution < 1.29 is 14.0 Å². The first-order valence-corrected chi connectivity index (χ1v) is 5.75. The van der Waals surface area contributed by atoms with Crippen molar-refractivity contribution in [1.29, 1.82) is 5.26 Å². The van der Waals surface area contributed by atoms with Crippen molar-refractivity contribution in [2.75, 3.05) is 7.05 Å². The monoisotopic (exact) mass is 261 g/mol. The van der Waals surface area contributed by atoms with Crippen LogP contribution in [-0.2, 0) is 16.1 Å². The molecule has 1 saturated heterocycles. The molecule has 0 bridgehead atoms. The number of imide groups is 1. The predicted molar refractivity (Wildman–Crippen MR) is 64.1 cm³/mol. The Morgan fingerprint density at radius 1 is 1.53 bits per heavy atom. The molecule has 98 valence electrons. The topological polar surface area (TPSA) is 73.2 Å². The molecule has 1 aliphatic rings. The summed E-state index contributed by atoms with van der Waals surface area (Å²) < 4.78 is 13.5. The molecule has 1 aromatic rings. The highest BCUT2D eigenvalue weighted by Crippen LogP contribution is 2.14. The first-order valence-electron chi connectivity index (χ1n) is 5.75. The molecule has 1 aliphatic heterocycles. The summed E-state index contributed by atoms with van der Waals surface area (Å²) in [4.78, 5) is 24.0. The van der Waals surface area contributed by atoms with E-state index in [0.29, 0.717) is 11.1 Å². The predicted octanol–water partition coefficient (Wildman–Crippen LogP) is 0.544. The molecule has 6 heteroatoms. The number of benzene rings is 1. The summed E-state index contributed by atoms with van der Waals surface area (Å²) in [6, 6.07) is 5.32. The number of nitriles is 1. The molecule has 1 heterocycles. The minimum Gasteiger partial charge on any atom is -0.301 e. The Labute approximate surface area is 109 Å². The molecule has 1 N–H and O–H groups in total. The van der Waals surface area contributed by atoms with Gasteiger partial charge in [-0.25, -0.2) is 4.39 Å². The van der Waals surface area contributed by atoms with Crippen molar-refractivity contribution >= 4 is 11.8 Å². The van der Waals surface area contributed by atoms with Crippen LogP contribution in [0.5, 0.6) is 0 Å². The van der Waals surface area contributed by atoms with Gasteiger partial charge in [-0.05, 0) is 18.2 Å². The highest BCUT2D eigenvalue weighted by atomic mass is 19.1. The van der Waals surface area contributed by atoms with E-state index >= 15 is 0 Å². The molecular weight excluding hydrogens is 249 g/mol. The fraction of sp³-hybridized carbons (Fsp3) is 0.308. The molecule has 1 unspecified atom stereocenters. The molecule has 2 amide bonds. The van der Waals surface area contributed by atoms with Gasteiger partial charge in [-0.2, -0.15) is 5.26 Å². The standard InChI is InChI=1S/C13H12FN3O2/c1-17-12(18)5-11(13(17)19)16-7-9-4-8(6-15)2-3-10(9)14/h2-4,11,16H,5,7H2,1H3. The molecule has 1 aromatic carbocycles. The summed E-state index contributed by atoms with van der Waals surface area (Å²) in [5.41, 5.74) is 0.651. The van der Waals surface area contributed by atoms with Gasteiger partial charge in [-0.3, -0.25) is 14.5 Å². The summed E-state index contributed by atoms with van der Waals surface area (Å²) in [6.07, 6.45) is 0.0783. The summed E-state index contributed by atoms with van der Waals surface area (Å²) >= 11 is 0. The normalized spacial score (nSPS) is 18.8. The lowest BCUT2D eigenvalue weighted by atomic mass is 10.1. The van der Waals surface area contributed by atoms with E-state index in [9.17, 15) is 14.0 Å². The van der Waals surface area contributed by atoms with E-state index in [4.69, 9.17) is 5.26 Å². The summed E-state index contributed by atoms with van der Waals surface area (Å²) in [6.45, 7) is 0.0961. The maximum Gasteiger partial charge on any atom is 0.246 e. The third-order valence-electron chi connectivity index (χ3n) is 3.10. The van der Waals surface area contributed by atoms with Crippen molar-refractivity contribution in [1.82, 2.24) is 10.2 Å². The fourth-order valence-electron chi connectivity index (χ4n) is 1.93. The number of carbonyl (C=O) groups excluding carboxylic acids is 2. The zero-order chi connectivity index (χ0) is 14.0. The Bertz CT molecular complexity index is 580. The van der Waals surface area contributed by atoms with Gasteiger partial charge in [0.05, 0.1) is 24.1 Å². The first-order chi connectivity index (χ1) is 9.02. The number of halogens is 1. The quantitative estimate of drug-likeness (QED) is 0.806. The van der Waals surface area contributed by atoms with Gasteiger partial charge in [0.15, 0.2) is 0 Å². The van der Waals surface area contributed by atoms with Crippen LogP contribution < -0.4 is 5.32 Å².